The number of fused-ring (bicyclic) bond motifs is 3. The Kier molecular flexibility index (Phi) is 4.41. The highest BCUT2D eigenvalue weighted by Gasteiger charge is 2.16. The number of para-hydroxylation sites is 1. The summed E-state index contributed by atoms with van der Waals surface area (Å²) in [6, 6.07) is 14.4. The summed E-state index contributed by atoms with van der Waals surface area (Å²) in [7, 11) is 1.52. The van der Waals surface area contributed by atoms with Crippen LogP contribution in [-0.4, -0.2) is 26.3 Å². The van der Waals surface area contributed by atoms with Gasteiger partial charge in [-0.2, -0.15) is 5.26 Å². The highest BCUT2D eigenvalue weighted by molar-refractivity contribution is 5.80. The molecule has 8 nitrogen and oxygen atoms in total. The minimum absolute atomic E-state index is 0.0979. The lowest BCUT2D eigenvalue weighted by Gasteiger charge is -2.12. The summed E-state index contributed by atoms with van der Waals surface area (Å²) in [6.45, 7) is 2.49. The second-order valence-corrected chi connectivity index (χ2v) is 6.08. The molecule has 0 bridgehead atoms. The van der Waals surface area contributed by atoms with E-state index < -0.39 is 0 Å². The maximum absolute atomic E-state index is 12.7. The first-order valence-corrected chi connectivity index (χ1v) is 8.74. The number of nitrogens with zero attached hydrogens (tertiary/aromatic N) is 5. The van der Waals surface area contributed by atoms with Gasteiger partial charge in [-0.05, 0) is 31.2 Å². The van der Waals surface area contributed by atoms with Gasteiger partial charge < -0.3 is 9.47 Å². The van der Waals surface area contributed by atoms with Crippen molar-refractivity contribution in [1.29, 1.82) is 5.26 Å². The molecule has 140 valence electrons. The van der Waals surface area contributed by atoms with E-state index in [1.165, 1.54) is 7.11 Å². The van der Waals surface area contributed by atoms with Crippen molar-refractivity contribution in [3.05, 3.63) is 64.2 Å². The average Bonchev–Trinajstić information content (AvgIpc) is 3.16. The predicted octanol–water partition coefficient (Wildman–Crippen LogP) is 2.52. The Labute approximate surface area is 160 Å². The highest BCUT2D eigenvalue weighted by atomic mass is 16.5. The van der Waals surface area contributed by atoms with Gasteiger partial charge in [0.05, 0.1) is 29.6 Å². The van der Waals surface area contributed by atoms with Gasteiger partial charge in [-0.15, -0.1) is 10.2 Å². The number of nitriles is 1. The number of aryl methyl sites for hydroxylation is 1. The first-order chi connectivity index (χ1) is 13.7. The maximum Gasteiger partial charge on any atom is 0.262 e. The van der Waals surface area contributed by atoms with Gasteiger partial charge in [-0.1, -0.05) is 12.1 Å². The van der Waals surface area contributed by atoms with Gasteiger partial charge in [0.15, 0.2) is 17.3 Å². The molecular formula is C20H17N5O3. The first-order valence-electron chi connectivity index (χ1n) is 8.74. The molecule has 0 unspecified atom stereocenters. The molecule has 0 radical (unpaired) electrons. The van der Waals surface area contributed by atoms with Crippen molar-refractivity contribution in [3.8, 4) is 17.6 Å². The molecule has 0 saturated carbocycles. The summed E-state index contributed by atoms with van der Waals surface area (Å²) in [6.07, 6.45) is 0. The number of hydrogen-bond acceptors (Lipinski definition) is 6. The topological polar surface area (TPSA) is 94.4 Å². The van der Waals surface area contributed by atoms with Crippen LogP contribution in [0.3, 0.4) is 0 Å². The largest absolute Gasteiger partial charge is 0.493 e. The smallest absolute Gasteiger partial charge is 0.262 e. The summed E-state index contributed by atoms with van der Waals surface area (Å²) in [5.41, 5.74) is 1.11. The third-order valence-electron chi connectivity index (χ3n) is 4.54. The van der Waals surface area contributed by atoms with Crippen LogP contribution in [0.25, 0.3) is 16.7 Å². The number of benzene rings is 2. The number of hydrogen-bond donors (Lipinski definition) is 0. The summed E-state index contributed by atoms with van der Waals surface area (Å²) in [5.74, 6) is 1.98. The molecule has 2 aromatic heterocycles. The van der Waals surface area contributed by atoms with E-state index >= 15 is 0 Å². The third-order valence-corrected chi connectivity index (χ3v) is 4.54. The van der Waals surface area contributed by atoms with Gasteiger partial charge in [-0.25, -0.2) is 0 Å². The van der Waals surface area contributed by atoms with E-state index in [1.54, 1.807) is 28.8 Å². The molecule has 4 aromatic rings. The Hall–Kier alpha value is -3.86. The van der Waals surface area contributed by atoms with Gasteiger partial charge in [0.2, 0.25) is 5.78 Å². The van der Waals surface area contributed by atoms with Gasteiger partial charge in [0.1, 0.15) is 6.61 Å². The summed E-state index contributed by atoms with van der Waals surface area (Å²) >= 11 is 0. The van der Waals surface area contributed by atoms with Crippen LogP contribution in [0.15, 0.2) is 47.3 Å². The number of rotatable bonds is 5. The van der Waals surface area contributed by atoms with Crippen molar-refractivity contribution < 1.29 is 9.47 Å². The quantitative estimate of drug-likeness (QED) is 0.532. The molecular weight excluding hydrogens is 358 g/mol. The van der Waals surface area contributed by atoms with E-state index in [1.807, 2.05) is 29.5 Å². The summed E-state index contributed by atoms with van der Waals surface area (Å²) < 4.78 is 14.6. The summed E-state index contributed by atoms with van der Waals surface area (Å²) in [5, 5.41) is 18.1. The van der Waals surface area contributed by atoms with Crippen LogP contribution >= 0.6 is 0 Å². The third kappa shape index (κ3) is 2.74. The lowest BCUT2D eigenvalue weighted by molar-refractivity contribution is 0.275. The highest BCUT2D eigenvalue weighted by Crippen LogP contribution is 2.28. The normalized spacial score (nSPS) is 10.9. The molecule has 2 aromatic carbocycles. The fourth-order valence-electron chi connectivity index (χ4n) is 3.19. The van der Waals surface area contributed by atoms with E-state index in [0.717, 1.165) is 5.52 Å². The zero-order valence-corrected chi connectivity index (χ0v) is 15.4. The second-order valence-electron chi connectivity index (χ2n) is 6.08. The molecule has 0 aliphatic heterocycles. The SMILES string of the molecule is CCn1c(=O)c2ccccc2n2c(COc3ccc(C#N)cc3OC)nnc12. The van der Waals surface area contributed by atoms with Crippen LogP contribution in [0.4, 0.5) is 0 Å². The van der Waals surface area contributed by atoms with Crippen molar-refractivity contribution in [1.82, 2.24) is 19.2 Å². The molecule has 0 aliphatic rings. The van der Waals surface area contributed by atoms with Crippen LogP contribution in [0.1, 0.15) is 18.3 Å². The predicted molar refractivity (Wildman–Crippen MR) is 102 cm³/mol. The molecule has 0 aliphatic carbocycles. The van der Waals surface area contributed by atoms with Crippen LogP contribution in [0, 0.1) is 11.3 Å². The van der Waals surface area contributed by atoms with Crippen LogP contribution in [0.5, 0.6) is 11.5 Å². The molecule has 4 rings (SSSR count). The fourth-order valence-corrected chi connectivity index (χ4v) is 3.19. The van der Waals surface area contributed by atoms with E-state index in [-0.39, 0.29) is 12.2 Å². The van der Waals surface area contributed by atoms with Gasteiger partial charge in [-0.3, -0.25) is 13.8 Å². The molecule has 28 heavy (non-hydrogen) atoms. The minimum atomic E-state index is -0.0979. The Morgan fingerprint density at radius 2 is 1.96 bits per heavy atom. The molecule has 0 amide bonds. The lowest BCUT2D eigenvalue weighted by atomic mass is 10.2. The number of aromatic nitrogens is 4. The Morgan fingerprint density at radius 3 is 2.71 bits per heavy atom. The van der Waals surface area contributed by atoms with Crippen molar-refractivity contribution in [2.45, 2.75) is 20.1 Å². The van der Waals surface area contributed by atoms with E-state index in [9.17, 15) is 4.79 Å². The van der Waals surface area contributed by atoms with Crippen LogP contribution in [-0.2, 0) is 13.2 Å². The van der Waals surface area contributed by atoms with Crippen LogP contribution in [0.2, 0.25) is 0 Å². The Balaban J connectivity index is 1.80. The van der Waals surface area contributed by atoms with Crippen molar-refractivity contribution in [2.75, 3.05) is 7.11 Å². The standard InChI is InChI=1S/C20H17N5O3/c1-3-24-19(26)14-6-4-5-7-15(14)25-18(22-23-20(24)25)12-28-16-9-8-13(11-21)10-17(16)27-2/h4-10H,3,12H2,1-2H3. The van der Waals surface area contributed by atoms with Crippen molar-refractivity contribution in [2.24, 2.45) is 0 Å². The van der Waals surface area contributed by atoms with E-state index in [0.29, 0.717) is 40.6 Å². The average molecular weight is 375 g/mol. The minimum Gasteiger partial charge on any atom is -0.493 e. The van der Waals surface area contributed by atoms with E-state index in [2.05, 4.69) is 16.3 Å². The second kappa shape index (κ2) is 7.04. The fraction of sp³-hybridized carbons (Fsp3) is 0.200. The monoisotopic (exact) mass is 375 g/mol. The van der Waals surface area contributed by atoms with Gasteiger partial charge in [0, 0.05) is 12.6 Å². The molecule has 0 atom stereocenters. The van der Waals surface area contributed by atoms with Crippen molar-refractivity contribution in [3.63, 3.8) is 0 Å². The first kappa shape index (κ1) is 17.5. The van der Waals surface area contributed by atoms with Gasteiger partial charge >= 0.3 is 0 Å². The molecule has 2 heterocycles. The van der Waals surface area contributed by atoms with E-state index in [4.69, 9.17) is 14.7 Å². The molecule has 0 spiro atoms. The Morgan fingerprint density at radius 1 is 1.14 bits per heavy atom. The molecule has 0 saturated heterocycles. The van der Waals surface area contributed by atoms with Crippen LogP contribution < -0.4 is 15.0 Å². The van der Waals surface area contributed by atoms with Crippen molar-refractivity contribution >= 4 is 16.7 Å². The maximum atomic E-state index is 12.7. The molecule has 0 fully saturated rings. The number of methoxy groups -OCH3 is 1. The molecule has 8 heteroatoms. The summed E-state index contributed by atoms with van der Waals surface area (Å²) in [4.78, 5) is 12.7. The zero-order valence-electron chi connectivity index (χ0n) is 15.4. The number of ether oxygens (including phenoxy) is 2. The molecule has 0 N–H and O–H groups in total. The Bertz CT molecular complexity index is 1280. The zero-order chi connectivity index (χ0) is 19.7. The lowest BCUT2D eigenvalue weighted by Crippen LogP contribution is -2.22. The van der Waals surface area contributed by atoms with Gasteiger partial charge in [0.25, 0.3) is 5.56 Å².